The lowest BCUT2D eigenvalue weighted by Crippen LogP contribution is -2.27. The summed E-state index contributed by atoms with van der Waals surface area (Å²) in [6.07, 6.45) is 0. The van der Waals surface area contributed by atoms with Crippen LogP contribution in [0, 0.1) is 10.1 Å². The first-order valence-electron chi connectivity index (χ1n) is 6.75. The number of nitro groups is 1. The summed E-state index contributed by atoms with van der Waals surface area (Å²) >= 11 is 0. The van der Waals surface area contributed by atoms with Crippen LogP contribution in [-0.4, -0.2) is 20.5 Å². The number of sulfonamides is 1. The smallest absolute Gasteiger partial charge is 0.289 e. The van der Waals surface area contributed by atoms with Crippen LogP contribution >= 0.6 is 0 Å². The normalized spacial score (nSPS) is 12.6. The average Bonchev–Trinajstić information content (AvgIpc) is 2.54. The summed E-state index contributed by atoms with van der Waals surface area (Å²) in [4.78, 5) is 9.92. The van der Waals surface area contributed by atoms with Gasteiger partial charge in [0.05, 0.1) is 12.0 Å². The van der Waals surface area contributed by atoms with E-state index in [0.717, 1.165) is 6.07 Å². The monoisotopic (exact) mass is 336 g/mol. The number of para-hydroxylation sites is 1. The van der Waals surface area contributed by atoms with Crippen molar-refractivity contribution < 1.29 is 18.1 Å². The maximum Gasteiger partial charge on any atom is 0.289 e. The third-order valence-electron chi connectivity index (χ3n) is 3.30. The van der Waals surface area contributed by atoms with Crippen molar-refractivity contribution in [1.82, 2.24) is 4.72 Å². The summed E-state index contributed by atoms with van der Waals surface area (Å²) in [5.74, 6) is 0.655. The zero-order valence-electron chi connectivity index (χ0n) is 12.6. The van der Waals surface area contributed by atoms with Gasteiger partial charge in [0.15, 0.2) is 4.90 Å². The van der Waals surface area contributed by atoms with Gasteiger partial charge in [0.1, 0.15) is 5.75 Å². The molecule has 0 fully saturated rings. The average molecular weight is 336 g/mol. The van der Waals surface area contributed by atoms with Gasteiger partial charge in [-0.05, 0) is 30.7 Å². The van der Waals surface area contributed by atoms with Gasteiger partial charge in [0.25, 0.3) is 5.69 Å². The van der Waals surface area contributed by atoms with E-state index >= 15 is 0 Å². The molecule has 0 spiro atoms. The topological polar surface area (TPSA) is 98.5 Å². The summed E-state index contributed by atoms with van der Waals surface area (Å²) in [7, 11) is -2.48. The summed E-state index contributed by atoms with van der Waals surface area (Å²) in [5.41, 5.74) is 0.259. The van der Waals surface area contributed by atoms with Crippen LogP contribution in [0.25, 0.3) is 0 Å². The van der Waals surface area contributed by atoms with Crippen molar-refractivity contribution in [3.05, 3.63) is 64.2 Å². The Morgan fingerprint density at radius 1 is 1.13 bits per heavy atom. The molecule has 0 aliphatic rings. The van der Waals surface area contributed by atoms with Crippen LogP contribution < -0.4 is 9.46 Å². The van der Waals surface area contributed by atoms with Crippen molar-refractivity contribution in [3.63, 3.8) is 0 Å². The molecule has 0 saturated carbocycles. The predicted octanol–water partition coefficient (Wildman–Crippen LogP) is 2.64. The lowest BCUT2D eigenvalue weighted by molar-refractivity contribution is -0.387. The van der Waals surface area contributed by atoms with Gasteiger partial charge in [-0.25, -0.2) is 13.1 Å². The zero-order valence-corrected chi connectivity index (χ0v) is 13.4. The van der Waals surface area contributed by atoms with Gasteiger partial charge in [-0.1, -0.05) is 24.3 Å². The van der Waals surface area contributed by atoms with Crippen LogP contribution in [0.15, 0.2) is 53.4 Å². The van der Waals surface area contributed by atoms with Crippen LogP contribution in [0.3, 0.4) is 0 Å². The summed E-state index contributed by atoms with van der Waals surface area (Å²) < 4.78 is 32.3. The summed E-state index contributed by atoms with van der Waals surface area (Å²) in [5, 5.41) is 11.0. The van der Waals surface area contributed by atoms with Crippen molar-refractivity contribution in [2.45, 2.75) is 17.9 Å². The molecule has 0 saturated heterocycles. The highest BCUT2D eigenvalue weighted by Crippen LogP contribution is 2.25. The second-order valence-corrected chi connectivity index (χ2v) is 6.52. The van der Waals surface area contributed by atoms with Crippen LogP contribution in [0.5, 0.6) is 5.75 Å². The minimum atomic E-state index is -4.02. The van der Waals surface area contributed by atoms with E-state index in [-0.39, 0.29) is 4.90 Å². The fourth-order valence-electron chi connectivity index (χ4n) is 2.09. The van der Waals surface area contributed by atoms with Crippen LogP contribution in [0.4, 0.5) is 5.69 Å². The van der Waals surface area contributed by atoms with E-state index in [4.69, 9.17) is 4.74 Å². The first-order chi connectivity index (χ1) is 10.8. The Morgan fingerprint density at radius 3 is 2.30 bits per heavy atom. The molecule has 1 N–H and O–H groups in total. The molecule has 0 aliphatic heterocycles. The molecule has 1 unspecified atom stereocenters. The van der Waals surface area contributed by atoms with Crippen LogP contribution in [-0.2, 0) is 10.0 Å². The highest BCUT2D eigenvalue weighted by atomic mass is 32.2. The maximum absolute atomic E-state index is 12.4. The summed E-state index contributed by atoms with van der Waals surface area (Å²) in [6.45, 7) is 1.66. The molecule has 2 rings (SSSR count). The first-order valence-corrected chi connectivity index (χ1v) is 8.23. The molecule has 0 amide bonds. The van der Waals surface area contributed by atoms with Gasteiger partial charge < -0.3 is 4.74 Å². The Kier molecular flexibility index (Phi) is 4.97. The van der Waals surface area contributed by atoms with E-state index in [9.17, 15) is 18.5 Å². The maximum atomic E-state index is 12.4. The predicted molar refractivity (Wildman–Crippen MR) is 84.8 cm³/mol. The third kappa shape index (κ3) is 3.85. The number of rotatable bonds is 6. The largest absolute Gasteiger partial charge is 0.497 e. The van der Waals surface area contributed by atoms with Crippen molar-refractivity contribution in [3.8, 4) is 5.75 Å². The van der Waals surface area contributed by atoms with Crippen molar-refractivity contribution in [1.29, 1.82) is 0 Å². The Labute approximate surface area is 134 Å². The molecule has 0 heterocycles. The van der Waals surface area contributed by atoms with Crippen LogP contribution in [0.1, 0.15) is 18.5 Å². The van der Waals surface area contributed by atoms with Gasteiger partial charge >= 0.3 is 0 Å². The summed E-state index contributed by atoms with van der Waals surface area (Å²) in [6, 6.07) is 11.6. The van der Waals surface area contributed by atoms with Crippen molar-refractivity contribution in [2.75, 3.05) is 7.11 Å². The fraction of sp³-hybridized carbons (Fsp3) is 0.200. The number of nitrogens with one attached hydrogen (secondary N) is 1. The zero-order chi connectivity index (χ0) is 17.0. The van der Waals surface area contributed by atoms with E-state index in [2.05, 4.69) is 4.72 Å². The molecule has 0 radical (unpaired) electrons. The third-order valence-corrected chi connectivity index (χ3v) is 4.89. The van der Waals surface area contributed by atoms with Gasteiger partial charge in [-0.15, -0.1) is 0 Å². The SMILES string of the molecule is COc1ccc(C(C)NS(=O)(=O)c2ccccc2[N+](=O)[O-])cc1. The Hall–Kier alpha value is -2.45. The molecular formula is C15H16N2O5S. The molecular weight excluding hydrogens is 320 g/mol. The highest BCUT2D eigenvalue weighted by molar-refractivity contribution is 7.89. The van der Waals surface area contributed by atoms with Crippen LogP contribution in [0.2, 0.25) is 0 Å². The number of hydrogen-bond donors (Lipinski definition) is 1. The van der Waals surface area contributed by atoms with Crippen molar-refractivity contribution in [2.24, 2.45) is 0 Å². The minimum absolute atomic E-state index is 0.356. The molecule has 7 nitrogen and oxygen atoms in total. The van der Waals surface area contributed by atoms with E-state index < -0.39 is 26.7 Å². The quantitative estimate of drug-likeness (QED) is 0.646. The molecule has 2 aromatic rings. The Bertz CT molecular complexity index is 803. The minimum Gasteiger partial charge on any atom is -0.497 e. The van der Waals surface area contributed by atoms with Crippen molar-refractivity contribution >= 4 is 15.7 Å². The second-order valence-electron chi connectivity index (χ2n) is 4.84. The lowest BCUT2D eigenvalue weighted by atomic mass is 10.1. The fourth-order valence-corrected chi connectivity index (χ4v) is 3.50. The van der Waals surface area contributed by atoms with E-state index in [1.165, 1.54) is 25.3 Å². The lowest BCUT2D eigenvalue weighted by Gasteiger charge is -2.15. The highest BCUT2D eigenvalue weighted by Gasteiger charge is 2.26. The van der Waals surface area contributed by atoms with Gasteiger partial charge in [0, 0.05) is 12.1 Å². The number of nitrogens with zero attached hydrogens (tertiary/aromatic N) is 1. The van der Waals surface area contributed by atoms with E-state index in [1.807, 2.05) is 0 Å². The molecule has 0 aliphatic carbocycles. The Balaban J connectivity index is 2.28. The molecule has 0 aromatic heterocycles. The number of ether oxygens (including phenoxy) is 1. The first kappa shape index (κ1) is 16.9. The number of methoxy groups -OCH3 is 1. The molecule has 122 valence electrons. The standard InChI is InChI=1S/C15H16N2O5S/c1-11(12-7-9-13(22-2)10-8-12)16-23(20,21)15-6-4-3-5-14(15)17(18)19/h3-11,16H,1-2H3. The number of nitro benzene ring substituents is 1. The van der Waals surface area contributed by atoms with Gasteiger partial charge in [-0.3, -0.25) is 10.1 Å². The van der Waals surface area contributed by atoms with E-state index in [0.29, 0.717) is 11.3 Å². The van der Waals surface area contributed by atoms with Gasteiger partial charge in [0.2, 0.25) is 10.0 Å². The van der Waals surface area contributed by atoms with Gasteiger partial charge in [-0.2, -0.15) is 0 Å². The number of hydrogen-bond acceptors (Lipinski definition) is 5. The molecule has 23 heavy (non-hydrogen) atoms. The second kappa shape index (κ2) is 6.76. The molecule has 0 bridgehead atoms. The molecule has 1 atom stereocenters. The number of benzene rings is 2. The van der Waals surface area contributed by atoms with E-state index in [1.54, 1.807) is 31.2 Å². The Morgan fingerprint density at radius 2 is 1.74 bits per heavy atom. The molecule has 8 heteroatoms. The molecule has 2 aromatic carbocycles.